The molecule has 0 amide bonds. The number of aromatic nitrogens is 1. The summed E-state index contributed by atoms with van der Waals surface area (Å²) in [5.74, 6) is 0. The van der Waals surface area contributed by atoms with Crippen LogP contribution in [0.1, 0.15) is 5.69 Å². The van der Waals surface area contributed by atoms with Gasteiger partial charge in [-0.05, 0) is 29.2 Å². The zero-order valence-corrected chi connectivity index (χ0v) is 10.8. The van der Waals surface area contributed by atoms with E-state index in [1.165, 1.54) is 5.39 Å². The van der Waals surface area contributed by atoms with Gasteiger partial charge in [0.1, 0.15) is 0 Å². The zero-order valence-electron chi connectivity index (χ0n) is 10.8. The van der Waals surface area contributed by atoms with E-state index < -0.39 is 0 Å². The molecule has 0 saturated heterocycles. The van der Waals surface area contributed by atoms with Crippen LogP contribution in [0.4, 0.5) is 0 Å². The van der Waals surface area contributed by atoms with Gasteiger partial charge in [-0.25, -0.2) is 0 Å². The third-order valence-electron chi connectivity index (χ3n) is 2.76. The highest BCUT2D eigenvalue weighted by Gasteiger charge is 1.97. The maximum atomic E-state index is 3.83. The molecule has 0 aliphatic heterocycles. The minimum absolute atomic E-state index is 1.06. The fourth-order valence-corrected chi connectivity index (χ4v) is 1.84. The lowest BCUT2D eigenvalue weighted by Gasteiger charge is -1.92. The highest BCUT2D eigenvalue weighted by molar-refractivity contribution is 5.83. The molecule has 0 atom stereocenters. The minimum Gasteiger partial charge on any atom is -0.355 e. The van der Waals surface area contributed by atoms with Gasteiger partial charge in [-0.2, -0.15) is 0 Å². The smallest absolute Gasteiger partial charge is 0.0458 e. The van der Waals surface area contributed by atoms with Gasteiger partial charge >= 0.3 is 0 Å². The van der Waals surface area contributed by atoms with Crippen molar-refractivity contribution in [2.24, 2.45) is 0 Å². The quantitative estimate of drug-likeness (QED) is 0.713. The first kappa shape index (κ1) is 12.9. The average Bonchev–Trinajstić information content (AvgIpc) is 2.84. The summed E-state index contributed by atoms with van der Waals surface area (Å²) in [5.41, 5.74) is 3.28. The van der Waals surface area contributed by atoms with E-state index in [0.29, 0.717) is 0 Å². The summed E-state index contributed by atoms with van der Waals surface area (Å²) in [5, 5.41) is 1.22. The molecule has 1 aromatic carbocycles. The van der Waals surface area contributed by atoms with E-state index in [0.717, 1.165) is 16.8 Å². The number of hydrogen-bond donors (Lipinski definition) is 1. The fourth-order valence-electron chi connectivity index (χ4n) is 1.84. The molecule has 2 aromatic rings. The van der Waals surface area contributed by atoms with Crippen LogP contribution in [-0.2, 0) is 0 Å². The monoisotopic (exact) mass is 247 g/mol. The number of hydrogen-bond acceptors (Lipinski definition) is 0. The number of aromatic amines is 1. The second kappa shape index (κ2) is 6.41. The Hall–Kier alpha value is -2.54. The molecule has 2 rings (SSSR count). The van der Waals surface area contributed by atoms with Gasteiger partial charge in [0.15, 0.2) is 0 Å². The first-order valence-corrected chi connectivity index (χ1v) is 6.21. The van der Waals surface area contributed by atoms with Crippen LogP contribution in [0.2, 0.25) is 0 Å². The Labute approximate surface area is 114 Å². The van der Waals surface area contributed by atoms with Gasteiger partial charge in [0.2, 0.25) is 0 Å². The van der Waals surface area contributed by atoms with Crippen molar-refractivity contribution in [3.05, 3.63) is 91.2 Å². The van der Waals surface area contributed by atoms with Crippen LogP contribution in [0.15, 0.2) is 85.5 Å². The van der Waals surface area contributed by atoms with Crippen molar-refractivity contribution in [3.63, 3.8) is 0 Å². The van der Waals surface area contributed by atoms with Crippen molar-refractivity contribution >= 4 is 17.0 Å². The van der Waals surface area contributed by atoms with E-state index in [1.807, 2.05) is 42.5 Å². The van der Waals surface area contributed by atoms with Crippen molar-refractivity contribution in [3.8, 4) is 0 Å². The SMILES string of the molecule is C=C\C=C/C=C/C(C=C)=C/c1cc2ccccc2[nH]1. The van der Waals surface area contributed by atoms with Crippen LogP contribution < -0.4 is 0 Å². The molecule has 0 fully saturated rings. The lowest BCUT2D eigenvalue weighted by molar-refractivity contribution is 1.42. The van der Waals surface area contributed by atoms with Gasteiger partial charge in [-0.1, -0.05) is 67.8 Å². The number of H-pyrrole nitrogens is 1. The molecule has 0 saturated carbocycles. The number of fused-ring (bicyclic) bond motifs is 1. The topological polar surface area (TPSA) is 15.8 Å². The van der Waals surface area contributed by atoms with Gasteiger partial charge in [0.05, 0.1) is 0 Å². The largest absolute Gasteiger partial charge is 0.355 e. The standard InChI is InChI=1S/C18H17N/c1-3-5-6-7-10-15(4-2)13-17-14-16-11-8-9-12-18(16)19-17/h3-14,19H,1-2H2/b6-5-,10-7+,15-13+. The molecule has 1 heteroatoms. The lowest BCUT2D eigenvalue weighted by Crippen LogP contribution is -1.74. The number of nitrogens with one attached hydrogen (secondary N) is 1. The summed E-state index contributed by atoms with van der Waals surface area (Å²) in [6, 6.07) is 10.4. The third-order valence-corrected chi connectivity index (χ3v) is 2.76. The van der Waals surface area contributed by atoms with E-state index in [4.69, 9.17) is 0 Å². The Morgan fingerprint density at radius 2 is 1.89 bits per heavy atom. The summed E-state index contributed by atoms with van der Waals surface area (Å²) in [7, 11) is 0. The van der Waals surface area contributed by atoms with E-state index in [-0.39, 0.29) is 0 Å². The molecule has 0 spiro atoms. The fraction of sp³-hybridized carbons (Fsp3) is 0. The minimum atomic E-state index is 1.06. The van der Waals surface area contributed by atoms with Crippen LogP contribution in [-0.4, -0.2) is 4.98 Å². The predicted molar refractivity (Wildman–Crippen MR) is 84.9 cm³/mol. The van der Waals surface area contributed by atoms with Gasteiger partial charge in [-0.15, -0.1) is 0 Å². The van der Waals surface area contributed by atoms with E-state index in [1.54, 1.807) is 6.08 Å². The average molecular weight is 247 g/mol. The van der Waals surface area contributed by atoms with Crippen molar-refractivity contribution in [1.82, 2.24) is 4.98 Å². The molecule has 0 radical (unpaired) electrons. The molecule has 1 aromatic heterocycles. The Morgan fingerprint density at radius 3 is 2.63 bits per heavy atom. The van der Waals surface area contributed by atoms with Crippen LogP contribution in [0, 0.1) is 0 Å². The highest BCUT2D eigenvalue weighted by atomic mass is 14.7. The summed E-state index contributed by atoms with van der Waals surface area (Å²) in [4.78, 5) is 3.37. The van der Waals surface area contributed by atoms with Crippen molar-refractivity contribution in [2.75, 3.05) is 0 Å². The lowest BCUT2D eigenvalue weighted by atomic mass is 10.2. The number of benzene rings is 1. The Kier molecular flexibility index (Phi) is 4.35. The van der Waals surface area contributed by atoms with Crippen LogP contribution >= 0.6 is 0 Å². The number of rotatable bonds is 5. The molecular formula is C18H17N. The van der Waals surface area contributed by atoms with E-state index in [9.17, 15) is 0 Å². The second-order valence-electron chi connectivity index (χ2n) is 4.14. The van der Waals surface area contributed by atoms with E-state index >= 15 is 0 Å². The predicted octanol–water partition coefficient (Wildman–Crippen LogP) is 5.04. The third kappa shape index (κ3) is 3.46. The second-order valence-corrected chi connectivity index (χ2v) is 4.14. The van der Waals surface area contributed by atoms with Crippen LogP contribution in [0.25, 0.3) is 17.0 Å². The number of allylic oxidation sites excluding steroid dienone is 7. The van der Waals surface area contributed by atoms with Crippen molar-refractivity contribution in [1.29, 1.82) is 0 Å². The van der Waals surface area contributed by atoms with Gasteiger partial charge in [-0.3, -0.25) is 0 Å². The first-order chi connectivity index (χ1) is 9.33. The van der Waals surface area contributed by atoms with Crippen molar-refractivity contribution < 1.29 is 0 Å². The van der Waals surface area contributed by atoms with Crippen LogP contribution in [0.5, 0.6) is 0 Å². The first-order valence-electron chi connectivity index (χ1n) is 6.21. The molecule has 0 bridgehead atoms. The maximum absolute atomic E-state index is 3.83. The maximum Gasteiger partial charge on any atom is 0.0458 e. The van der Waals surface area contributed by atoms with E-state index in [2.05, 4.69) is 42.4 Å². The highest BCUT2D eigenvalue weighted by Crippen LogP contribution is 2.17. The summed E-state index contributed by atoms with van der Waals surface area (Å²) < 4.78 is 0. The Balaban J connectivity index is 2.26. The van der Waals surface area contributed by atoms with Gasteiger partial charge in [0.25, 0.3) is 0 Å². The molecule has 1 N–H and O–H groups in total. The molecule has 19 heavy (non-hydrogen) atoms. The molecule has 0 aliphatic carbocycles. The molecule has 1 nitrogen and oxygen atoms in total. The summed E-state index contributed by atoms with van der Waals surface area (Å²) in [6.45, 7) is 7.46. The van der Waals surface area contributed by atoms with Crippen molar-refractivity contribution in [2.45, 2.75) is 0 Å². The Morgan fingerprint density at radius 1 is 1.05 bits per heavy atom. The Bertz CT molecular complexity index is 633. The summed E-state index contributed by atoms with van der Waals surface area (Å²) >= 11 is 0. The molecule has 0 aliphatic rings. The molecule has 94 valence electrons. The van der Waals surface area contributed by atoms with Gasteiger partial charge < -0.3 is 4.98 Å². The molecule has 0 unspecified atom stereocenters. The zero-order chi connectivity index (χ0) is 13.5. The number of para-hydroxylation sites is 1. The molecular weight excluding hydrogens is 230 g/mol. The van der Waals surface area contributed by atoms with Crippen LogP contribution in [0.3, 0.4) is 0 Å². The normalized spacial score (nSPS) is 12.5. The summed E-state index contributed by atoms with van der Waals surface area (Å²) in [6.07, 6.45) is 13.5. The van der Waals surface area contributed by atoms with Gasteiger partial charge in [0, 0.05) is 11.2 Å². The molecule has 1 heterocycles.